The molecule has 0 radical (unpaired) electrons. The number of aryl methyl sites for hydroxylation is 1. The van der Waals surface area contributed by atoms with E-state index in [-0.39, 0.29) is 6.03 Å². The van der Waals surface area contributed by atoms with E-state index in [9.17, 15) is 4.79 Å². The standard InChI is InChI=1S/C21H24BrN3O/c22-18-8-6-17-15-20(9-7-16(17)14-18)24-10-12-25(13-11-24)21(26)23-19-4-2-1-3-5-19/h1-6,8,14,20H,7,9-13,15H2,(H,23,26)/t20-/m0/s1. The third-order valence-corrected chi connectivity index (χ3v) is 6.01. The molecule has 2 aliphatic rings. The molecule has 4 rings (SSSR count). The van der Waals surface area contributed by atoms with Crippen molar-refractivity contribution in [3.8, 4) is 0 Å². The van der Waals surface area contributed by atoms with Gasteiger partial charge in [-0.3, -0.25) is 4.90 Å². The summed E-state index contributed by atoms with van der Waals surface area (Å²) in [6.45, 7) is 3.50. The zero-order valence-corrected chi connectivity index (χ0v) is 16.4. The maximum absolute atomic E-state index is 12.4. The zero-order chi connectivity index (χ0) is 17.9. The number of nitrogens with one attached hydrogen (secondary N) is 1. The smallest absolute Gasteiger partial charge is 0.321 e. The van der Waals surface area contributed by atoms with Gasteiger partial charge in [0.05, 0.1) is 0 Å². The van der Waals surface area contributed by atoms with E-state index < -0.39 is 0 Å². The summed E-state index contributed by atoms with van der Waals surface area (Å²) in [5, 5.41) is 2.99. The van der Waals surface area contributed by atoms with Crippen molar-refractivity contribution in [3.05, 3.63) is 64.1 Å². The molecule has 0 saturated carbocycles. The number of nitrogens with zero attached hydrogens (tertiary/aromatic N) is 2. The molecule has 2 aromatic carbocycles. The van der Waals surface area contributed by atoms with Gasteiger partial charge in [-0.2, -0.15) is 0 Å². The number of amides is 2. The van der Waals surface area contributed by atoms with Gasteiger partial charge in [0.25, 0.3) is 0 Å². The SMILES string of the molecule is O=C(Nc1ccccc1)N1CCN([C@H]2CCc3cc(Br)ccc3C2)CC1. The molecule has 1 fully saturated rings. The van der Waals surface area contributed by atoms with E-state index in [0.29, 0.717) is 6.04 Å². The van der Waals surface area contributed by atoms with Crippen LogP contribution in [-0.4, -0.2) is 48.1 Å². The Morgan fingerprint density at radius 2 is 1.77 bits per heavy atom. The highest BCUT2D eigenvalue weighted by Gasteiger charge is 2.28. The zero-order valence-electron chi connectivity index (χ0n) is 14.8. The fourth-order valence-electron chi connectivity index (χ4n) is 4.03. The minimum atomic E-state index is 0.00897. The van der Waals surface area contributed by atoms with Crippen LogP contribution in [0.2, 0.25) is 0 Å². The molecule has 5 heteroatoms. The monoisotopic (exact) mass is 413 g/mol. The first-order valence-corrected chi connectivity index (χ1v) is 10.1. The van der Waals surface area contributed by atoms with Crippen LogP contribution in [0.1, 0.15) is 17.5 Å². The molecule has 0 aromatic heterocycles. The molecule has 2 amide bonds. The van der Waals surface area contributed by atoms with Crippen molar-refractivity contribution < 1.29 is 4.79 Å². The van der Waals surface area contributed by atoms with E-state index in [0.717, 1.165) is 44.7 Å². The number of fused-ring (bicyclic) bond motifs is 1. The van der Waals surface area contributed by atoms with Crippen molar-refractivity contribution in [1.29, 1.82) is 0 Å². The first-order chi connectivity index (χ1) is 12.7. The molecule has 4 nitrogen and oxygen atoms in total. The number of halogens is 1. The van der Waals surface area contributed by atoms with Crippen LogP contribution >= 0.6 is 15.9 Å². The minimum Gasteiger partial charge on any atom is -0.322 e. The number of carbonyl (C=O) groups is 1. The van der Waals surface area contributed by atoms with E-state index in [1.54, 1.807) is 0 Å². The van der Waals surface area contributed by atoms with Crippen molar-refractivity contribution in [2.75, 3.05) is 31.5 Å². The molecular weight excluding hydrogens is 390 g/mol. The van der Waals surface area contributed by atoms with Gasteiger partial charge in [0, 0.05) is 42.4 Å². The quantitative estimate of drug-likeness (QED) is 0.801. The van der Waals surface area contributed by atoms with Crippen molar-refractivity contribution in [2.24, 2.45) is 0 Å². The first kappa shape index (κ1) is 17.6. The van der Waals surface area contributed by atoms with Crippen molar-refractivity contribution in [2.45, 2.75) is 25.3 Å². The summed E-state index contributed by atoms with van der Waals surface area (Å²) in [6, 6.07) is 16.9. The Bertz CT molecular complexity index is 772. The molecule has 2 aromatic rings. The van der Waals surface area contributed by atoms with Crippen LogP contribution in [0, 0.1) is 0 Å². The summed E-state index contributed by atoms with van der Waals surface area (Å²) in [5.74, 6) is 0. The highest BCUT2D eigenvalue weighted by atomic mass is 79.9. The fourth-order valence-corrected chi connectivity index (χ4v) is 4.44. The van der Waals surface area contributed by atoms with Gasteiger partial charge in [-0.05, 0) is 54.7 Å². The number of hydrogen-bond donors (Lipinski definition) is 1. The van der Waals surface area contributed by atoms with Gasteiger partial charge in [0.1, 0.15) is 0 Å². The Morgan fingerprint density at radius 3 is 2.54 bits per heavy atom. The molecule has 136 valence electrons. The third kappa shape index (κ3) is 3.94. The lowest BCUT2D eigenvalue weighted by molar-refractivity contribution is 0.106. The molecule has 1 N–H and O–H groups in total. The summed E-state index contributed by atoms with van der Waals surface area (Å²) >= 11 is 3.57. The van der Waals surface area contributed by atoms with Crippen LogP contribution in [-0.2, 0) is 12.8 Å². The summed E-state index contributed by atoms with van der Waals surface area (Å²) in [4.78, 5) is 16.9. The van der Waals surface area contributed by atoms with E-state index in [1.807, 2.05) is 35.2 Å². The number of anilines is 1. The molecule has 0 unspecified atom stereocenters. The van der Waals surface area contributed by atoms with Gasteiger partial charge >= 0.3 is 6.03 Å². The maximum atomic E-state index is 12.4. The van der Waals surface area contributed by atoms with Crippen LogP contribution in [0.3, 0.4) is 0 Å². The van der Waals surface area contributed by atoms with E-state index in [2.05, 4.69) is 44.3 Å². The molecule has 1 heterocycles. The second-order valence-corrected chi connectivity index (χ2v) is 8.04. The topological polar surface area (TPSA) is 35.6 Å². The van der Waals surface area contributed by atoms with Crippen molar-refractivity contribution in [1.82, 2.24) is 9.80 Å². The molecule has 0 bridgehead atoms. The Labute approximate surface area is 163 Å². The number of para-hydroxylation sites is 1. The van der Waals surface area contributed by atoms with Gasteiger partial charge in [0.15, 0.2) is 0 Å². The van der Waals surface area contributed by atoms with Crippen molar-refractivity contribution in [3.63, 3.8) is 0 Å². The average Bonchev–Trinajstić information content (AvgIpc) is 2.68. The predicted octanol–water partition coefficient (Wildman–Crippen LogP) is 4.16. The molecule has 1 aliphatic heterocycles. The van der Waals surface area contributed by atoms with E-state index in [4.69, 9.17) is 0 Å². The van der Waals surface area contributed by atoms with Gasteiger partial charge in [-0.25, -0.2) is 4.79 Å². The van der Waals surface area contributed by atoms with Crippen LogP contribution in [0.15, 0.2) is 53.0 Å². The first-order valence-electron chi connectivity index (χ1n) is 9.31. The third-order valence-electron chi connectivity index (χ3n) is 5.51. The number of piperazine rings is 1. The Kier molecular flexibility index (Phi) is 5.27. The highest BCUT2D eigenvalue weighted by Crippen LogP contribution is 2.27. The molecule has 0 spiro atoms. The van der Waals surface area contributed by atoms with Gasteiger partial charge < -0.3 is 10.2 Å². The number of carbonyl (C=O) groups excluding carboxylic acids is 1. The summed E-state index contributed by atoms with van der Waals surface area (Å²) in [6.07, 6.45) is 3.48. The molecule has 26 heavy (non-hydrogen) atoms. The summed E-state index contributed by atoms with van der Waals surface area (Å²) < 4.78 is 1.17. The minimum absolute atomic E-state index is 0.00897. The normalized spacial score (nSPS) is 20.5. The van der Waals surface area contributed by atoms with Crippen LogP contribution in [0.4, 0.5) is 10.5 Å². The molecule has 1 atom stereocenters. The van der Waals surface area contributed by atoms with Crippen molar-refractivity contribution >= 4 is 27.6 Å². The van der Waals surface area contributed by atoms with E-state index >= 15 is 0 Å². The lowest BCUT2D eigenvalue weighted by Gasteiger charge is -2.41. The summed E-state index contributed by atoms with van der Waals surface area (Å²) in [7, 11) is 0. The van der Waals surface area contributed by atoms with Crippen LogP contribution < -0.4 is 5.32 Å². The lowest BCUT2D eigenvalue weighted by atomic mass is 9.87. The second-order valence-electron chi connectivity index (χ2n) is 7.13. The van der Waals surface area contributed by atoms with Gasteiger partial charge in [-0.15, -0.1) is 0 Å². The summed E-state index contributed by atoms with van der Waals surface area (Å²) in [5.41, 5.74) is 3.82. The Morgan fingerprint density at radius 1 is 1.00 bits per heavy atom. The van der Waals surface area contributed by atoms with Crippen LogP contribution in [0.25, 0.3) is 0 Å². The number of hydrogen-bond acceptors (Lipinski definition) is 2. The number of urea groups is 1. The predicted molar refractivity (Wildman–Crippen MR) is 109 cm³/mol. The lowest BCUT2D eigenvalue weighted by Crippen LogP contribution is -2.53. The number of benzene rings is 2. The largest absolute Gasteiger partial charge is 0.322 e. The second kappa shape index (κ2) is 7.80. The van der Waals surface area contributed by atoms with Crippen LogP contribution in [0.5, 0.6) is 0 Å². The Hall–Kier alpha value is -1.85. The highest BCUT2D eigenvalue weighted by molar-refractivity contribution is 9.10. The van der Waals surface area contributed by atoms with Gasteiger partial charge in [0.2, 0.25) is 0 Å². The molecule has 1 saturated heterocycles. The maximum Gasteiger partial charge on any atom is 0.321 e. The average molecular weight is 414 g/mol. The molecule has 1 aliphatic carbocycles. The van der Waals surface area contributed by atoms with Gasteiger partial charge in [-0.1, -0.05) is 40.2 Å². The van der Waals surface area contributed by atoms with E-state index in [1.165, 1.54) is 22.0 Å². The fraction of sp³-hybridized carbons (Fsp3) is 0.381. The molecular formula is C21H24BrN3O. The number of rotatable bonds is 2. The Balaban J connectivity index is 1.31.